The minimum absolute atomic E-state index is 0.121. The number of nitrogens with zero attached hydrogens (tertiary/aromatic N) is 2. The van der Waals surface area contributed by atoms with Gasteiger partial charge >= 0.3 is 0 Å². The molecule has 0 aliphatic carbocycles. The van der Waals surface area contributed by atoms with Crippen molar-refractivity contribution in [2.24, 2.45) is 10.5 Å². The van der Waals surface area contributed by atoms with Gasteiger partial charge in [0.25, 0.3) is 0 Å². The van der Waals surface area contributed by atoms with E-state index in [0.29, 0.717) is 12.2 Å². The Labute approximate surface area is 144 Å². The molecule has 1 amide bonds. The van der Waals surface area contributed by atoms with Gasteiger partial charge in [0.15, 0.2) is 0 Å². The highest BCUT2D eigenvalue weighted by Gasteiger charge is 2.14. The molecule has 22 heavy (non-hydrogen) atoms. The first-order valence-electron chi connectivity index (χ1n) is 6.96. The Hall–Kier alpha value is -1.32. The average Bonchev–Trinajstić information content (AvgIpc) is 2.47. The third-order valence-corrected chi connectivity index (χ3v) is 4.69. The molecule has 1 aromatic rings. The summed E-state index contributed by atoms with van der Waals surface area (Å²) in [5.74, 6) is 1.01. The Kier molecular flexibility index (Phi) is 8.21. The zero-order valence-electron chi connectivity index (χ0n) is 12.8. The second kappa shape index (κ2) is 9.65. The van der Waals surface area contributed by atoms with Crippen molar-refractivity contribution in [3.8, 4) is 6.07 Å². The molecule has 0 atom stereocenters. The molecular formula is C16H20BrN3OS. The largest absolute Gasteiger partial charge is 0.272 e. The van der Waals surface area contributed by atoms with E-state index >= 15 is 0 Å². The van der Waals surface area contributed by atoms with Crippen LogP contribution < -0.4 is 5.43 Å². The number of rotatable bonds is 8. The molecule has 1 rings (SSSR count). The number of nitriles is 1. The highest BCUT2D eigenvalue weighted by molar-refractivity contribution is 9.10. The maximum absolute atomic E-state index is 11.7. The summed E-state index contributed by atoms with van der Waals surface area (Å²) in [6, 6.07) is 10.1. The molecule has 0 aliphatic heterocycles. The van der Waals surface area contributed by atoms with E-state index in [9.17, 15) is 4.79 Å². The van der Waals surface area contributed by atoms with Crippen LogP contribution in [0, 0.1) is 16.7 Å². The number of amides is 1. The minimum atomic E-state index is -0.189. The van der Waals surface area contributed by atoms with Crippen molar-refractivity contribution in [3.63, 3.8) is 0 Å². The predicted molar refractivity (Wildman–Crippen MR) is 95.6 cm³/mol. The molecule has 118 valence electrons. The van der Waals surface area contributed by atoms with Gasteiger partial charge in [-0.05, 0) is 18.1 Å². The summed E-state index contributed by atoms with van der Waals surface area (Å²) in [7, 11) is 0. The molecule has 0 aromatic heterocycles. The van der Waals surface area contributed by atoms with Gasteiger partial charge in [0.05, 0.1) is 11.8 Å². The van der Waals surface area contributed by atoms with Crippen LogP contribution in [0.1, 0.15) is 32.3 Å². The van der Waals surface area contributed by atoms with Crippen LogP contribution in [0.25, 0.3) is 0 Å². The lowest BCUT2D eigenvalue weighted by Crippen LogP contribution is -2.22. The van der Waals surface area contributed by atoms with E-state index in [4.69, 9.17) is 5.26 Å². The number of carbonyl (C=O) groups excluding carboxylic acids is 1. The first kappa shape index (κ1) is 18.7. The quantitative estimate of drug-likeness (QED) is 0.544. The van der Waals surface area contributed by atoms with Gasteiger partial charge in [-0.3, -0.25) is 4.79 Å². The summed E-state index contributed by atoms with van der Waals surface area (Å²) < 4.78 is 1.06. The molecular weight excluding hydrogens is 362 g/mol. The van der Waals surface area contributed by atoms with Crippen LogP contribution in [0.15, 0.2) is 33.8 Å². The molecule has 1 aromatic carbocycles. The van der Waals surface area contributed by atoms with Gasteiger partial charge in [0.2, 0.25) is 5.91 Å². The van der Waals surface area contributed by atoms with Gasteiger partial charge in [-0.25, -0.2) is 5.43 Å². The molecule has 0 spiro atoms. The monoisotopic (exact) mass is 381 g/mol. The highest BCUT2D eigenvalue weighted by atomic mass is 79.9. The van der Waals surface area contributed by atoms with E-state index in [2.05, 4.69) is 32.5 Å². The summed E-state index contributed by atoms with van der Waals surface area (Å²) in [5, 5.41) is 12.6. The Balaban J connectivity index is 2.29. The predicted octanol–water partition coefficient (Wildman–Crippen LogP) is 4.11. The van der Waals surface area contributed by atoms with Crippen LogP contribution in [0.3, 0.4) is 0 Å². The van der Waals surface area contributed by atoms with Gasteiger partial charge in [0.1, 0.15) is 0 Å². The normalized spacial score (nSPS) is 11.4. The van der Waals surface area contributed by atoms with Crippen LogP contribution in [-0.4, -0.2) is 17.9 Å². The van der Waals surface area contributed by atoms with Crippen molar-refractivity contribution >= 4 is 39.8 Å². The molecule has 0 radical (unpaired) electrons. The van der Waals surface area contributed by atoms with E-state index < -0.39 is 0 Å². The summed E-state index contributed by atoms with van der Waals surface area (Å²) in [6.45, 7) is 3.98. The van der Waals surface area contributed by atoms with Crippen molar-refractivity contribution in [2.75, 3.05) is 5.75 Å². The maximum Gasteiger partial charge on any atom is 0.250 e. The standard InChI is InChI=1S/C16H20BrN3OS/c1-16(2,8-5-9-18)12-19-20-15(21)11-22-10-13-6-3-4-7-14(13)17/h3-4,6-7,12H,5,8,10-11H2,1-2H3,(H,20,21)/b19-12-. The zero-order valence-corrected chi connectivity index (χ0v) is 15.2. The van der Waals surface area contributed by atoms with Crippen LogP contribution in [0.2, 0.25) is 0 Å². The molecule has 0 saturated heterocycles. The van der Waals surface area contributed by atoms with Crippen molar-refractivity contribution < 1.29 is 4.79 Å². The van der Waals surface area contributed by atoms with E-state index in [1.807, 2.05) is 38.1 Å². The lowest BCUT2D eigenvalue weighted by atomic mass is 9.90. The molecule has 0 fully saturated rings. The molecule has 0 heterocycles. The molecule has 0 saturated carbocycles. The summed E-state index contributed by atoms with van der Waals surface area (Å²) in [6.07, 6.45) is 2.90. The SMILES string of the molecule is CC(C)(/C=N\NC(=O)CSCc1ccccc1Br)CCC#N. The van der Waals surface area contributed by atoms with Gasteiger partial charge in [-0.15, -0.1) is 11.8 Å². The van der Waals surface area contributed by atoms with Crippen LogP contribution in [-0.2, 0) is 10.5 Å². The van der Waals surface area contributed by atoms with Gasteiger partial charge in [-0.1, -0.05) is 48.0 Å². The number of carbonyl (C=O) groups is 1. The van der Waals surface area contributed by atoms with Gasteiger partial charge in [-0.2, -0.15) is 10.4 Å². The van der Waals surface area contributed by atoms with Crippen molar-refractivity contribution in [1.29, 1.82) is 5.26 Å². The third kappa shape index (κ3) is 7.62. The van der Waals surface area contributed by atoms with Crippen molar-refractivity contribution in [3.05, 3.63) is 34.3 Å². The Morgan fingerprint density at radius 2 is 2.23 bits per heavy atom. The molecule has 6 heteroatoms. The van der Waals surface area contributed by atoms with E-state index in [1.165, 1.54) is 5.56 Å². The number of hydrogen-bond acceptors (Lipinski definition) is 4. The average molecular weight is 382 g/mol. The van der Waals surface area contributed by atoms with Crippen molar-refractivity contribution in [2.45, 2.75) is 32.4 Å². The van der Waals surface area contributed by atoms with Crippen LogP contribution in [0.5, 0.6) is 0 Å². The maximum atomic E-state index is 11.7. The summed E-state index contributed by atoms with van der Waals surface area (Å²) in [5.41, 5.74) is 3.51. The van der Waals surface area contributed by atoms with E-state index in [-0.39, 0.29) is 11.3 Å². The van der Waals surface area contributed by atoms with E-state index in [0.717, 1.165) is 16.6 Å². The minimum Gasteiger partial charge on any atom is -0.272 e. The van der Waals surface area contributed by atoms with Crippen LogP contribution in [0.4, 0.5) is 0 Å². The Bertz CT molecular complexity index is 567. The fraction of sp³-hybridized carbons (Fsp3) is 0.438. The third-order valence-electron chi connectivity index (χ3n) is 2.93. The van der Waals surface area contributed by atoms with Gasteiger partial charge < -0.3 is 0 Å². The van der Waals surface area contributed by atoms with Crippen LogP contribution >= 0.6 is 27.7 Å². The Morgan fingerprint density at radius 3 is 2.91 bits per heavy atom. The second-order valence-electron chi connectivity index (χ2n) is 5.52. The lowest BCUT2D eigenvalue weighted by molar-refractivity contribution is -0.118. The van der Waals surface area contributed by atoms with Crippen molar-refractivity contribution in [1.82, 2.24) is 5.43 Å². The number of benzene rings is 1. The van der Waals surface area contributed by atoms with E-state index in [1.54, 1.807) is 18.0 Å². The summed E-state index contributed by atoms with van der Waals surface area (Å²) >= 11 is 5.03. The highest BCUT2D eigenvalue weighted by Crippen LogP contribution is 2.21. The number of nitrogens with one attached hydrogen (secondary N) is 1. The smallest absolute Gasteiger partial charge is 0.250 e. The number of halogens is 1. The Morgan fingerprint density at radius 1 is 1.50 bits per heavy atom. The fourth-order valence-electron chi connectivity index (χ4n) is 1.62. The topological polar surface area (TPSA) is 65.2 Å². The lowest BCUT2D eigenvalue weighted by Gasteiger charge is -2.16. The molecule has 0 aliphatic rings. The number of thioether (sulfide) groups is 1. The molecule has 0 bridgehead atoms. The molecule has 4 nitrogen and oxygen atoms in total. The fourth-order valence-corrected chi connectivity index (χ4v) is 3.06. The first-order valence-corrected chi connectivity index (χ1v) is 8.90. The molecule has 0 unspecified atom stereocenters. The summed E-state index contributed by atoms with van der Waals surface area (Å²) in [4.78, 5) is 11.7. The number of hydrogen-bond donors (Lipinski definition) is 1. The first-order chi connectivity index (χ1) is 10.4. The second-order valence-corrected chi connectivity index (χ2v) is 7.36. The number of hydrazone groups is 1. The molecule has 1 N–H and O–H groups in total. The zero-order chi connectivity index (χ0) is 16.4. The van der Waals surface area contributed by atoms with Gasteiger partial charge in [0, 0.05) is 28.3 Å².